The minimum absolute atomic E-state index is 0.165. The Kier molecular flexibility index (Phi) is 4.87. The van der Waals surface area contributed by atoms with Gasteiger partial charge >= 0.3 is 12.0 Å². The van der Waals surface area contributed by atoms with Crippen LogP contribution >= 0.6 is 0 Å². The Balaban J connectivity index is 3.76. The van der Waals surface area contributed by atoms with E-state index in [0.29, 0.717) is 6.54 Å². The van der Waals surface area contributed by atoms with Gasteiger partial charge in [-0.25, -0.2) is 4.79 Å². The van der Waals surface area contributed by atoms with Gasteiger partial charge in [-0.1, -0.05) is 6.92 Å². The zero-order valence-electron chi connectivity index (χ0n) is 8.20. The number of carbonyl (C=O) groups excluding carboxylic acids is 1. The van der Waals surface area contributed by atoms with Crippen molar-refractivity contribution in [2.45, 2.75) is 13.8 Å². The molecule has 2 N–H and O–H groups in total. The molecule has 0 aromatic heterocycles. The number of rotatable bonds is 4. The zero-order valence-corrected chi connectivity index (χ0v) is 8.20. The molecule has 5 heteroatoms. The molecule has 5 nitrogen and oxygen atoms in total. The van der Waals surface area contributed by atoms with Crippen molar-refractivity contribution < 1.29 is 14.7 Å². The third-order valence-corrected chi connectivity index (χ3v) is 1.80. The molecule has 76 valence electrons. The fraction of sp³-hybridized carbons (Fsp3) is 0.750. The second-order valence-electron chi connectivity index (χ2n) is 2.94. The first-order chi connectivity index (χ1) is 5.99. The lowest BCUT2D eigenvalue weighted by Gasteiger charge is -2.16. The molecule has 0 aromatic rings. The van der Waals surface area contributed by atoms with E-state index < -0.39 is 11.9 Å². The quantitative estimate of drug-likeness (QED) is 0.669. The van der Waals surface area contributed by atoms with Crippen molar-refractivity contribution in [3.63, 3.8) is 0 Å². The maximum Gasteiger partial charge on any atom is 0.317 e. The topological polar surface area (TPSA) is 69.6 Å². The van der Waals surface area contributed by atoms with Gasteiger partial charge in [-0.15, -0.1) is 0 Å². The van der Waals surface area contributed by atoms with Crippen molar-refractivity contribution in [3.05, 3.63) is 0 Å². The molecule has 0 saturated carbocycles. The Bertz CT molecular complexity index is 194. The Labute approximate surface area is 77.7 Å². The normalized spacial score (nSPS) is 11.9. The van der Waals surface area contributed by atoms with Gasteiger partial charge in [0.2, 0.25) is 0 Å². The molecule has 0 aliphatic heterocycles. The molecule has 0 bridgehead atoms. The lowest BCUT2D eigenvalue weighted by Crippen LogP contribution is -2.40. The molecule has 0 saturated heterocycles. The Hall–Kier alpha value is -1.26. The number of urea groups is 1. The fourth-order valence-corrected chi connectivity index (χ4v) is 0.606. The summed E-state index contributed by atoms with van der Waals surface area (Å²) in [7, 11) is 1.65. The number of nitrogens with zero attached hydrogens (tertiary/aromatic N) is 1. The summed E-state index contributed by atoms with van der Waals surface area (Å²) in [6.45, 7) is 4.17. The minimum Gasteiger partial charge on any atom is -0.481 e. The van der Waals surface area contributed by atoms with Gasteiger partial charge < -0.3 is 15.3 Å². The summed E-state index contributed by atoms with van der Waals surface area (Å²) in [5.41, 5.74) is 0. The monoisotopic (exact) mass is 188 g/mol. The van der Waals surface area contributed by atoms with Crippen molar-refractivity contribution in [3.8, 4) is 0 Å². The maximum absolute atomic E-state index is 11.1. The van der Waals surface area contributed by atoms with Crippen molar-refractivity contribution in [1.82, 2.24) is 10.2 Å². The summed E-state index contributed by atoms with van der Waals surface area (Å²) in [5.74, 6) is -1.45. The van der Waals surface area contributed by atoms with E-state index in [2.05, 4.69) is 5.32 Å². The van der Waals surface area contributed by atoms with E-state index in [9.17, 15) is 9.59 Å². The summed E-state index contributed by atoms with van der Waals surface area (Å²) >= 11 is 0. The molecular formula is C8H16N2O3. The molecule has 0 rings (SSSR count). The van der Waals surface area contributed by atoms with Gasteiger partial charge in [-0.05, 0) is 6.92 Å². The summed E-state index contributed by atoms with van der Waals surface area (Å²) < 4.78 is 0. The van der Waals surface area contributed by atoms with E-state index in [-0.39, 0.29) is 12.6 Å². The highest BCUT2D eigenvalue weighted by atomic mass is 16.4. The van der Waals surface area contributed by atoms with Gasteiger partial charge in [-0.3, -0.25) is 4.79 Å². The summed E-state index contributed by atoms with van der Waals surface area (Å²) in [6, 6.07) is -0.240. The lowest BCUT2D eigenvalue weighted by atomic mass is 10.2. The third-order valence-electron chi connectivity index (χ3n) is 1.80. The number of nitrogens with one attached hydrogen (secondary N) is 1. The van der Waals surface area contributed by atoms with Crippen LogP contribution in [-0.2, 0) is 4.79 Å². The molecular weight excluding hydrogens is 172 g/mol. The molecule has 13 heavy (non-hydrogen) atoms. The maximum atomic E-state index is 11.1. The highest BCUT2D eigenvalue weighted by molar-refractivity contribution is 5.75. The number of carbonyl (C=O) groups is 2. The molecule has 0 aliphatic rings. The van der Waals surface area contributed by atoms with Gasteiger partial charge in [0.25, 0.3) is 0 Å². The first-order valence-electron chi connectivity index (χ1n) is 4.20. The summed E-state index contributed by atoms with van der Waals surface area (Å²) in [6.07, 6.45) is 0. The largest absolute Gasteiger partial charge is 0.481 e. The number of carboxylic acid groups (broad SMARTS) is 1. The van der Waals surface area contributed by atoms with E-state index in [1.165, 1.54) is 4.90 Å². The predicted octanol–water partition coefficient (Wildman–Crippen LogP) is 0.368. The van der Waals surface area contributed by atoms with Crippen molar-refractivity contribution in [2.24, 2.45) is 5.92 Å². The summed E-state index contributed by atoms with van der Waals surface area (Å²) in [5, 5.41) is 11.0. The first kappa shape index (κ1) is 11.7. The van der Waals surface area contributed by atoms with Crippen LogP contribution in [0.15, 0.2) is 0 Å². The molecule has 0 aromatic carbocycles. The van der Waals surface area contributed by atoms with Gasteiger partial charge in [0.15, 0.2) is 0 Å². The molecule has 2 amide bonds. The van der Waals surface area contributed by atoms with E-state index in [1.807, 2.05) is 6.92 Å². The van der Waals surface area contributed by atoms with Crippen molar-refractivity contribution in [2.75, 3.05) is 20.1 Å². The van der Waals surface area contributed by atoms with Crippen LogP contribution in [0.5, 0.6) is 0 Å². The van der Waals surface area contributed by atoms with Crippen LogP contribution < -0.4 is 5.32 Å². The van der Waals surface area contributed by atoms with Crippen LogP contribution in [0.3, 0.4) is 0 Å². The van der Waals surface area contributed by atoms with E-state index in [1.54, 1.807) is 14.0 Å². The van der Waals surface area contributed by atoms with Gasteiger partial charge in [0, 0.05) is 20.1 Å². The summed E-state index contributed by atoms with van der Waals surface area (Å²) in [4.78, 5) is 23.0. The highest BCUT2D eigenvalue weighted by Crippen LogP contribution is 1.92. The smallest absolute Gasteiger partial charge is 0.317 e. The van der Waals surface area contributed by atoms with Crippen LogP contribution in [0.25, 0.3) is 0 Å². The third kappa shape index (κ3) is 4.35. The Morgan fingerprint density at radius 1 is 1.54 bits per heavy atom. The van der Waals surface area contributed by atoms with Crippen LogP contribution in [0.2, 0.25) is 0 Å². The predicted molar refractivity (Wildman–Crippen MR) is 48.5 cm³/mol. The minimum atomic E-state index is -0.903. The van der Waals surface area contributed by atoms with E-state index in [4.69, 9.17) is 5.11 Å². The fourth-order valence-electron chi connectivity index (χ4n) is 0.606. The molecule has 0 aliphatic carbocycles. The van der Waals surface area contributed by atoms with E-state index in [0.717, 1.165) is 0 Å². The number of amides is 2. The Morgan fingerprint density at radius 2 is 2.08 bits per heavy atom. The van der Waals surface area contributed by atoms with Gasteiger partial charge in [0.05, 0.1) is 5.92 Å². The zero-order chi connectivity index (χ0) is 10.4. The van der Waals surface area contributed by atoms with Crippen LogP contribution in [-0.4, -0.2) is 42.1 Å². The molecule has 0 fully saturated rings. The first-order valence-corrected chi connectivity index (χ1v) is 4.20. The number of hydrogen-bond acceptors (Lipinski definition) is 2. The Morgan fingerprint density at radius 3 is 2.46 bits per heavy atom. The number of carboxylic acids is 1. The average molecular weight is 188 g/mol. The van der Waals surface area contributed by atoms with Crippen LogP contribution in [0.1, 0.15) is 13.8 Å². The standard InChI is InChI=1S/C8H16N2O3/c1-4-10(3)8(13)9-5-6(2)7(11)12/h6H,4-5H2,1-3H3,(H,9,13)(H,11,12). The van der Waals surface area contributed by atoms with Crippen molar-refractivity contribution >= 4 is 12.0 Å². The molecule has 0 heterocycles. The second-order valence-corrected chi connectivity index (χ2v) is 2.94. The average Bonchev–Trinajstić information content (AvgIpc) is 2.11. The van der Waals surface area contributed by atoms with Gasteiger partial charge in [-0.2, -0.15) is 0 Å². The van der Waals surface area contributed by atoms with E-state index >= 15 is 0 Å². The molecule has 0 spiro atoms. The molecule has 1 unspecified atom stereocenters. The lowest BCUT2D eigenvalue weighted by molar-refractivity contribution is -0.140. The molecule has 1 atom stereocenters. The number of aliphatic carboxylic acids is 1. The van der Waals surface area contributed by atoms with Crippen LogP contribution in [0, 0.1) is 5.92 Å². The second kappa shape index (κ2) is 5.40. The molecule has 0 radical (unpaired) electrons. The highest BCUT2D eigenvalue weighted by Gasteiger charge is 2.13. The number of hydrogen-bond donors (Lipinski definition) is 2. The van der Waals surface area contributed by atoms with Crippen LogP contribution in [0.4, 0.5) is 4.79 Å². The van der Waals surface area contributed by atoms with Crippen molar-refractivity contribution in [1.29, 1.82) is 0 Å². The van der Waals surface area contributed by atoms with Gasteiger partial charge in [0.1, 0.15) is 0 Å². The SMILES string of the molecule is CCN(C)C(=O)NCC(C)C(=O)O.